The van der Waals surface area contributed by atoms with Crippen LogP contribution in [0, 0.1) is 11.2 Å². The zero-order valence-corrected chi connectivity index (χ0v) is 10.9. The minimum atomic E-state index is -0.831. The summed E-state index contributed by atoms with van der Waals surface area (Å²) in [5.41, 5.74) is 0.00387. The number of hydrogen-bond donors (Lipinski definition) is 1. The summed E-state index contributed by atoms with van der Waals surface area (Å²) in [6, 6.07) is 6.35. The van der Waals surface area contributed by atoms with Crippen LogP contribution in [0.2, 0.25) is 0 Å². The molecule has 1 saturated heterocycles. The Morgan fingerprint density at radius 3 is 2.95 bits per heavy atom. The number of carboxylic acids is 1. The predicted molar refractivity (Wildman–Crippen MR) is 68.2 cm³/mol. The number of hydrogen-bond acceptors (Lipinski definition) is 3. The highest BCUT2D eigenvalue weighted by atomic mass is 19.1. The van der Waals surface area contributed by atoms with E-state index in [2.05, 4.69) is 0 Å². The van der Waals surface area contributed by atoms with E-state index in [1.165, 1.54) is 12.1 Å². The maximum Gasteiger partial charge on any atom is 0.313 e. The number of benzene rings is 1. The van der Waals surface area contributed by atoms with Crippen LogP contribution in [0.1, 0.15) is 12.0 Å². The summed E-state index contributed by atoms with van der Waals surface area (Å²) in [5, 5.41) is 9.36. The van der Waals surface area contributed by atoms with Crippen molar-refractivity contribution in [1.29, 1.82) is 0 Å². The molecule has 1 unspecified atom stereocenters. The van der Waals surface area contributed by atoms with E-state index in [9.17, 15) is 14.3 Å². The third kappa shape index (κ3) is 3.30. The highest BCUT2D eigenvalue weighted by Gasteiger charge is 2.43. The molecule has 0 aromatic heterocycles. The molecule has 1 heterocycles. The lowest BCUT2D eigenvalue weighted by Crippen LogP contribution is -2.42. The molecule has 104 valence electrons. The first-order valence-corrected chi connectivity index (χ1v) is 6.26. The van der Waals surface area contributed by atoms with Gasteiger partial charge in [0.15, 0.2) is 0 Å². The Morgan fingerprint density at radius 2 is 2.37 bits per heavy atom. The molecule has 1 aromatic rings. The topological polar surface area (TPSA) is 49.8 Å². The van der Waals surface area contributed by atoms with Crippen molar-refractivity contribution in [3.05, 3.63) is 35.6 Å². The van der Waals surface area contributed by atoms with E-state index in [4.69, 9.17) is 4.74 Å². The molecule has 19 heavy (non-hydrogen) atoms. The fourth-order valence-corrected chi connectivity index (χ4v) is 2.49. The summed E-state index contributed by atoms with van der Waals surface area (Å²) in [4.78, 5) is 13.3. The molecule has 0 bridgehead atoms. The summed E-state index contributed by atoms with van der Waals surface area (Å²) >= 11 is 0. The minimum absolute atomic E-state index is 0.246. The van der Waals surface area contributed by atoms with Crippen molar-refractivity contribution in [2.45, 2.75) is 13.0 Å². The molecular weight excluding hydrogens is 249 g/mol. The van der Waals surface area contributed by atoms with Gasteiger partial charge in [-0.1, -0.05) is 12.1 Å². The fraction of sp³-hybridized carbons (Fsp3) is 0.500. The van der Waals surface area contributed by atoms with Crippen molar-refractivity contribution in [2.75, 3.05) is 26.8 Å². The number of nitrogens with zero attached hydrogens (tertiary/aromatic N) is 1. The van der Waals surface area contributed by atoms with Gasteiger partial charge < -0.3 is 14.7 Å². The van der Waals surface area contributed by atoms with Crippen LogP contribution >= 0.6 is 0 Å². The second kappa shape index (κ2) is 5.67. The second-order valence-electron chi connectivity index (χ2n) is 5.19. The molecule has 0 spiro atoms. The minimum Gasteiger partial charge on any atom is -0.481 e. The smallest absolute Gasteiger partial charge is 0.313 e. The van der Waals surface area contributed by atoms with Crippen molar-refractivity contribution in [2.24, 2.45) is 5.41 Å². The van der Waals surface area contributed by atoms with Gasteiger partial charge >= 0.3 is 5.97 Å². The SMILES string of the molecule is CN(Cc1cccc(F)c1)CC1(C(=O)O)CCOC1. The zero-order valence-electron chi connectivity index (χ0n) is 10.9. The van der Waals surface area contributed by atoms with E-state index >= 15 is 0 Å². The average Bonchev–Trinajstić information content (AvgIpc) is 2.78. The first kappa shape index (κ1) is 14.0. The molecule has 1 fully saturated rings. The van der Waals surface area contributed by atoms with Gasteiger partial charge in [-0.3, -0.25) is 4.79 Å². The number of ether oxygens (including phenoxy) is 1. The molecule has 0 aliphatic carbocycles. The average molecular weight is 267 g/mol. The van der Waals surface area contributed by atoms with Crippen LogP contribution < -0.4 is 0 Å². The first-order valence-electron chi connectivity index (χ1n) is 6.26. The summed E-state index contributed by atoms with van der Waals surface area (Å²) in [6.45, 7) is 1.65. The molecule has 1 aromatic carbocycles. The van der Waals surface area contributed by atoms with Gasteiger partial charge in [-0.25, -0.2) is 4.39 Å². The van der Waals surface area contributed by atoms with Crippen LogP contribution in [0.5, 0.6) is 0 Å². The Morgan fingerprint density at radius 1 is 1.58 bits per heavy atom. The lowest BCUT2D eigenvalue weighted by molar-refractivity contribution is -0.150. The molecular formula is C14H18FNO3. The first-order chi connectivity index (χ1) is 9.02. The normalized spacial score (nSPS) is 22.9. The van der Waals surface area contributed by atoms with Gasteiger partial charge in [0.1, 0.15) is 11.2 Å². The fourth-order valence-electron chi connectivity index (χ4n) is 2.49. The highest BCUT2D eigenvalue weighted by Crippen LogP contribution is 2.30. The quantitative estimate of drug-likeness (QED) is 0.883. The van der Waals surface area contributed by atoms with Crippen LogP contribution in [-0.2, 0) is 16.1 Å². The largest absolute Gasteiger partial charge is 0.481 e. The van der Waals surface area contributed by atoms with Crippen molar-refractivity contribution in [3.63, 3.8) is 0 Å². The Hall–Kier alpha value is -1.46. The zero-order chi connectivity index (χ0) is 13.9. The maximum atomic E-state index is 13.1. The van der Waals surface area contributed by atoms with Gasteiger partial charge in [0, 0.05) is 19.7 Å². The van der Waals surface area contributed by atoms with Crippen LogP contribution in [0.3, 0.4) is 0 Å². The summed E-state index contributed by atoms with van der Waals surface area (Å²) in [6.07, 6.45) is 0.524. The van der Waals surface area contributed by atoms with E-state index in [0.717, 1.165) is 5.56 Å². The van der Waals surface area contributed by atoms with Gasteiger partial charge in [0.05, 0.1) is 6.61 Å². The summed E-state index contributed by atoms with van der Waals surface area (Å²) in [5.74, 6) is -1.10. The lowest BCUT2D eigenvalue weighted by Gasteiger charge is -2.28. The van der Waals surface area contributed by atoms with Crippen LogP contribution in [-0.4, -0.2) is 42.8 Å². The lowest BCUT2D eigenvalue weighted by atomic mass is 9.87. The van der Waals surface area contributed by atoms with Gasteiger partial charge in [-0.05, 0) is 31.2 Å². The molecule has 4 nitrogen and oxygen atoms in total. The van der Waals surface area contributed by atoms with Gasteiger partial charge in [-0.15, -0.1) is 0 Å². The molecule has 5 heteroatoms. The number of halogens is 1. The molecule has 1 atom stereocenters. The Kier molecular flexibility index (Phi) is 4.17. The van der Waals surface area contributed by atoms with E-state index in [0.29, 0.717) is 26.1 Å². The predicted octanol–water partition coefficient (Wildman–Crippen LogP) is 1.75. The van der Waals surface area contributed by atoms with E-state index < -0.39 is 11.4 Å². The van der Waals surface area contributed by atoms with Crippen LogP contribution in [0.15, 0.2) is 24.3 Å². The van der Waals surface area contributed by atoms with Crippen molar-refractivity contribution < 1.29 is 19.0 Å². The van der Waals surface area contributed by atoms with Gasteiger partial charge in [0.2, 0.25) is 0 Å². The van der Waals surface area contributed by atoms with Gasteiger partial charge in [0.25, 0.3) is 0 Å². The van der Waals surface area contributed by atoms with Crippen molar-refractivity contribution >= 4 is 5.97 Å². The van der Waals surface area contributed by atoms with E-state index in [1.54, 1.807) is 6.07 Å². The van der Waals surface area contributed by atoms with E-state index in [-0.39, 0.29) is 12.4 Å². The number of carbonyl (C=O) groups is 1. The third-order valence-corrected chi connectivity index (χ3v) is 3.47. The third-order valence-electron chi connectivity index (χ3n) is 3.47. The standard InChI is InChI=1S/C14H18FNO3/c1-16(8-11-3-2-4-12(15)7-11)9-14(13(17)18)5-6-19-10-14/h2-4,7H,5-6,8-10H2,1H3,(H,17,18). The van der Waals surface area contributed by atoms with Crippen LogP contribution in [0.25, 0.3) is 0 Å². The molecule has 1 N–H and O–H groups in total. The number of carboxylic acid groups (broad SMARTS) is 1. The molecule has 0 amide bonds. The van der Waals surface area contributed by atoms with Crippen molar-refractivity contribution in [1.82, 2.24) is 4.90 Å². The molecule has 2 rings (SSSR count). The Bertz CT molecular complexity index is 458. The molecule has 0 saturated carbocycles. The molecule has 0 radical (unpaired) electrons. The van der Waals surface area contributed by atoms with Gasteiger partial charge in [-0.2, -0.15) is 0 Å². The summed E-state index contributed by atoms with van der Waals surface area (Å²) < 4.78 is 18.3. The number of rotatable bonds is 5. The van der Waals surface area contributed by atoms with Crippen LogP contribution in [0.4, 0.5) is 4.39 Å². The molecule has 1 aliphatic heterocycles. The Labute approximate surface area is 111 Å². The highest BCUT2D eigenvalue weighted by molar-refractivity contribution is 5.75. The summed E-state index contributed by atoms with van der Waals surface area (Å²) in [7, 11) is 1.84. The molecule has 1 aliphatic rings. The monoisotopic (exact) mass is 267 g/mol. The Balaban J connectivity index is 2.00. The maximum absolute atomic E-state index is 13.1. The van der Waals surface area contributed by atoms with Crippen molar-refractivity contribution in [3.8, 4) is 0 Å². The number of aliphatic carboxylic acids is 1. The van der Waals surface area contributed by atoms with E-state index in [1.807, 2.05) is 18.0 Å². The second-order valence-corrected chi connectivity index (χ2v) is 5.19.